The number of hydrogen-bond donors (Lipinski definition) is 0. The first kappa shape index (κ1) is 12.2. The number of hydrogen-bond acceptors (Lipinski definition) is 3. The molecule has 3 nitrogen and oxygen atoms in total. The predicted molar refractivity (Wildman–Crippen MR) is 53.6 cm³/mol. The van der Waals surface area contributed by atoms with Crippen LogP contribution >= 0.6 is 0 Å². The second-order valence-electron chi connectivity index (χ2n) is 3.43. The lowest BCUT2D eigenvalue weighted by atomic mass is 10.3. The van der Waals surface area contributed by atoms with Crippen LogP contribution in [0.4, 0.5) is 0 Å². The van der Waals surface area contributed by atoms with Gasteiger partial charge in [0.15, 0.2) is 0 Å². The average molecular weight is 185 g/mol. The van der Waals surface area contributed by atoms with E-state index >= 15 is 0 Å². The lowest BCUT2D eigenvalue weighted by molar-refractivity contribution is -0.139. The Morgan fingerprint density at radius 2 is 2.00 bits per heavy atom. The van der Waals surface area contributed by atoms with Crippen molar-refractivity contribution in [1.82, 2.24) is 4.90 Å². The number of esters is 1. The fourth-order valence-corrected chi connectivity index (χ4v) is 0.818. The summed E-state index contributed by atoms with van der Waals surface area (Å²) in [5.74, 6) is -0.287. The van der Waals surface area contributed by atoms with Crippen molar-refractivity contribution in [2.45, 2.75) is 19.8 Å². The highest BCUT2D eigenvalue weighted by molar-refractivity contribution is 5.86. The van der Waals surface area contributed by atoms with Gasteiger partial charge in [-0.05, 0) is 40.4 Å². The molecular formula is C10H19NO2. The summed E-state index contributed by atoms with van der Waals surface area (Å²) in [4.78, 5) is 13.0. The Kier molecular flexibility index (Phi) is 6.24. The number of ether oxygens (including phenoxy) is 1. The lowest BCUT2D eigenvalue weighted by Gasteiger charge is -2.08. The van der Waals surface area contributed by atoms with Crippen molar-refractivity contribution in [3.8, 4) is 0 Å². The van der Waals surface area contributed by atoms with Gasteiger partial charge in [0.25, 0.3) is 0 Å². The molecule has 0 saturated carbocycles. The third-order valence-corrected chi connectivity index (χ3v) is 1.58. The van der Waals surface area contributed by atoms with Gasteiger partial charge in [-0.15, -0.1) is 0 Å². The van der Waals surface area contributed by atoms with Crippen LogP contribution in [0.1, 0.15) is 19.8 Å². The first-order valence-electron chi connectivity index (χ1n) is 4.51. The molecule has 3 heteroatoms. The van der Waals surface area contributed by atoms with Gasteiger partial charge < -0.3 is 9.64 Å². The van der Waals surface area contributed by atoms with Gasteiger partial charge in [-0.25, -0.2) is 4.79 Å². The van der Waals surface area contributed by atoms with Crippen LogP contribution in [0.5, 0.6) is 0 Å². The van der Waals surface area contributed by atoms with E-state index in [-0.39, 0.29) is 5.97 Å². The van der Waals surface area contributed by atoms with Gasteiger partial charge in [0, 0.05) is 5.57 Å². The van der Waals surface area contributed by atoms with Crippen LogP contribution in [0.15, 0.2) is 12.2 Å². The van der Waals surface area contributed by atoms with Crippen LogP contribution < -0.4 is 0 Å². The Morgan fingerprint density at radius 1 is 1.38 bits per heavy atom. The summed E-state index contributed by atoms with van der Waals surface area (Å²) < 4.78 is 4.93. The maximum atomic E-state index is 10.9. The molecule has 0 N–H and O–H groups in total. The molecule has 13 heavy (non-hydrogen) atoms. The minimum Gasteiger partial charge on any atom is -0.462 e. The van der Waals surface area contributed by atoms with Crippen LogP contribution in [-0.4, -0.2) is 38.1 Å². The summed E-state index contributed by atoms with van der Waals surface area (Å²) in [7, 11) is 4.06. The van der Waals surface area contributed by atoms with Crippen LogP contribution in [0.3, 0.4) is 0 Å². The number of carbonyl (C=O) groups excluding carboxylic acids is 1. The molecular weight excluding hydrogens is 166 g/mol. The highest BCUT2D eigenvalue weighted by atomic mass is 16.5. The standard InChI is InChI=1S/C10H19NO2/c1-9(2)10(12)13-8-6-5-7-11(3)4/h1,5-8H2,2-4H3. The molecule has 76 valence electrons. The summed E-state index contributed by atoms with van der Waals surface area (Å²) in [5, 5.41) is 0. The zero-order chi connectivity index (χ0) is 10.3. The molecule has 0 rings (SSSR count). The van der Waals surface area contributed by atoms with Crippen LogP contribution in [0, 0.1) is 0 Å². The third-order valence-electron chi connectivity index (χ3n) is 1.58. The van der Waals surface area contributed by atoms with Crippen molar-refractivity contribution < 1.29 is 9.53 Å². The van der Waals surface area contributed by atoms with Crippen molar-refractivity contribution >= 4 is 5.97 Å². The number of rotatable bonds is 6. The molecule has 0 aliphatic heterocycles. The number of unbranched alkanes of at least 4 members (excludes halogenated alkanes) is 1. The zero-order valence-electron chi connectivity index (χ0n) is 8.80. The number of nitrogens with zero attached hydrogens (tertiary/aromatic N) is 1. The monoisotopic (exact) mass is 185 g/mol. The van der Waals surface area contributed by atoms with Gasteiger partial charge >= 0.3 is 5.97 Å². The van der Waals surface area contributed by atoms with Crippen LogP contribution in [0.25, 0.3) is 0 Å². The molecule has 0 spiro atoms. The largest absolute Gasteiger partial charge is 0.462 e. The minimum atomic E-state index is -0.287. The van der Waals surface area contributed by atoms with Gasteiger partial charge in [-0.2, -0.15) is 0 Å². The van der Waals surface area contributed by atoms with Crippen molar-refractivity contribution in [1.29, 1.82) is 0 Å². The van der Waals surface area contributed by atoms with E-state index in [9.17, 15) is 4.79 Å². The second kappa shape index (κ2) is 6.66. The molecule has 0 aromatic heterocycles. The summed E-state index contributed by atoms with van der Waals surface area (Å²) in [5.41, 5.74) is 0.465. The summed E-state index contributed by atoms with van der Waals surface area (Å²) in [6.45, 7) is 6.69. The maximum Gasteiger partial charge on any atom is 0.333 e. The molecule has 0 atom stereocenters. The van der Waals surface area contributed by atoms with Crippen molar-refractivity contribution in [2.24, 2.45) is 0 Å². The highest BCUT2D eigenvalue weighted by Gasteiger charge is 2.01. The van der Waals surface area contributed by atoms with E-state index in [0.29, 0.717) is 12.2 Å². The minimum absolute atomic E-state index is 0.287. The van der Waals surface area contributed by atoms with Gasteiger partial charge in [0.2, 0.25) is 0 Å². The molecule has 0 unspecified atom stereocenters. The molecule has 0 radical (unpaired) electrons. The lowest BCUT2D eigenvalue weighted by Crippen LogP contribution is -2.14. The molecule has 0 aliphatic carbocycles. The second-order valence-corrected chi connectivity index (χ2v) is 3.43. The number of carbonyl (C=O) groups is 1. The van der Waals surface area contributed by atoms with Gasteiger partial charge in [-0.1, -0.05) is 6.58 Å². The Balaban J connectivity index is 3.26. The van der Waals surface area contributed by atoms with E-state index in [1.54, 1.807) is 6.92 Å². The van der Waals surface area contributed by atoms with E-state index in [2.05, 4.69) is 11.5 Å². The molecule has 0 aromatic carbocycles. The van der Waals surface area contributed by atoms with E-state index in [1.165, 1.54) is 0 Å². The summed E-state index contributed by atoms with van der Waals surface area (Å²) >= 11 is 0. The first-order valence-corrected chi connectivity index (χ1v) is 4.51. The summed E-state index contributed by atoms with van der Waals surface area (Å²) in [6.07, 6.45) is 1.97. The van der Waals surface area contributed by atoms with Gasteiger partial charge in [-0.3, -0.25) is 0 Å². The van der Waals surface area contributed by atoms with Gasteiger partial charge in [0.05, 0.1) is 6.61 Å². The smallest absolute Gasteiger partial charge is 0.333 e. The van der Waals surface area contributed by atoms with Crippen LogP contribution in [0.2, 0.25) is 0 Å². The Bertz CT molecular complexity index is 176. The van der Waals surface area contributed by atoms with E-state index in [0.717, 1.165) is 19.4 Å². The Labute approximate surface area is 80.4 Å². The Hall–Kier alpha value is -0.830. The fourth-order valence-electron chi connectivity index (χ4n) is 0.818. The third kappa shape index (κ3) is 7.53. The molecule has 0 heterocycles. The van der Waals surface area contributed by atoms with Crippen LogP contribution in [-0.2, 0) is 9.53 Å². The molecule has 0 saturated heterocycles. The maximum absolute atomic E-state index is 10.9. The predicted octanol–water partition coefficient (Wildman–Crippen LogP) is 1.45. The van der Waals surface area contributed by atoms with Crippen molar-refractivity contribution in [2.75, 3.05) is 27.2 Å². The first-order chi connectivity index (χ1) is 6.04. The average Bonchev–Trinajstić information content (AvgIpc) is 2.02. The quantitative estimate of drug-likeness (QED) is 0.356. The molecule has 0 amide bonds. The Morgan fingerprint density at radius 3 is 2.46 bits per heavy atom. The summed E-state index contributed by atoms with van der Waals surface area (Å²) in [6, 6.07) is 0. The molecule has 0 aliphatic rings. The van der Waals surface area contributed by atoms with Crippen molar-refractivity contribution in [3.63, 3.8) is 0 Å². The van der Waals surface area contributed by atoms with Crippen molar-refractivity contribution in [3.05, 3.63) is 12.2 Å². The normalized spacial score (nSPS) is 10.2. The van der Waals surface area contributed by atoms with E-state index in [4.69, 9.17) is 4.74 Å². The molecule has 0 bridgehead atoms. The van der Waals surface area contributed by atoms with E-state index in [1.807, 2.05) is 14.1 Å². The fraction of sp³-hybridized carbons (Fsp3) is 0.700. The SMILES string of the molecule is C=C(C)C(=O)OCCCCN(C)C. The molecule has 0 aromatic rings. The zero-order valence-corrected chi connectivity index (χ0v) is 8.80. The highest BCUT2D eigenvalue weighted by Crippen LogP contribution is 1.96. The van der Waals surface area contributed by atoms with E-state index < -0.39 is 0 Å². The topological polar surface area (TPSA) is 29.5 Å². The van der Waals surface area contributed by atoms with Gasteiger partial charge in [0.1, 0.15) is 0 Å². The molecule has 0 fully saturated rings.